The Bertz CT molecular complexity index is 79.6. The summed E-state index contributed by atoms with van der Waals surface area (Å²) in [4.78, 5) is 0. The van der Waals surface area contributed by atoms with Crippen molar-refractivity contribution in [2.45, 2.75) is 51.5 Å². The molecule has 1 atom stereocenters. The van der Waals surface area contributed by atoms with E-state index < -0.39 is 0 Å². The van der Waals surface area contributed by atoms with E-state index >= 15 is 0 Å². The first-order chi connectivity index (χ1) is 4.93. The van der Waals surface area contributed by atoms with Crippen molar-refractivity contribution in [2.24, 2.45) is 0 Å². The number of unbranched alkanes of at least 4 members (excludes halogenated alkanes) is 1. The SMILES string of the molecule is CCCCC1CCCCN1.Cl. The third-order valence-corrected chi connectivity index (χ3v) is 2.32. The van der Waals surface area contributed by atoms with Gasteiger partial charge in [-0.1, -0.05) is 26.2 Å². The molecule has 1 aliphatic heterocycles. The van der Waals surface area contributed by atoms with Crippen LogP contribution in [-0.4, -0.2) is 12.6 Å². The van der Waals surface area contributed by atoms with Gasteiger partial charge in [0, 0.05) is 6.04 Å². The van der Waals surface area contributed by atoms with E-state index in [1.165, 1.54) is 45.1 Å². The van der Waals surface area contributed by atoms with E-state index in [1.54, 1.807) is 0 Å². The fraction of sp³-hybridized carbons (Fsp3) is 1.00. The molecule has 1 saturated heterocycles. The number of hydrogen-bond donors (Lipinski definition) is 1. The Morgan fingerprint density at radius 2 is 2.18 bits per heavy atom. The molecule has 0 bridgehead atoms. The first-order valence-electron chi connectivity index (χ1n) is 4.67. The zero-order chi connectivity index (χ0) is 7.23. The molecule has 0 aromatic rings. The third kappa shape index (κ3) is 4.65. The summed E-state index contributed by atoms with van der Waals surface area (Å²) in [6.07, 6.45) is 8.40. The molecule has 1 nitrogen and oxygen atoms in total. The van der Waals surface area contributed by atoms with Gasteiger partial charge in [0.25, 0.3) is 0 Å². The lowest BCUT2D eigenvalue weighted by molar-refractivity contribution is 0.374. The number of nitrogens with one attached hydrogen (secondary N) is 1. The fourth-order valence-corrected chi connectivity index (χ4v) is 1.62. The van der Waals surface area contributed by atoms with Crippen LogP contribution in [0.5, 0.6) is 0 Å². The minimum atomic E-state index is 0. The van der Waals surface area contributed by atoms with Gasteiger partial charge in [0.1, 0.15) is 0 Å². The van der Waals surface area contributed by atoms with Gasteiger partial charge in [-0.05, 0) is 25.8 Å². The predicted octanol–water partition coefficient (Wildman–Crippen LogP) is 2.74. The molecular formula is C9H20ClN. The Hall–Kier alpha value is 0.250. The molecule has 11 heavy (non-hydrogen) atoms. The molecule has 1 unspecified atom stereocenters. The van der Waals surface area contributed by atoms with Crippen LogP contribution in [0.1, 0.15) is 45.4 Å². The van der Waals surface area contributed by atoms with Crippen molar-refractivity contribution in [2.75, 3.05) is 6.54 Å². The fourth-order valence-electron chi connectivity index (χ4n) is 1.62. The van der Waals surface area contributed by atoms with Gasteiger partial charge in [-0.2, -0.15) is 0 Å². The number of piperidine rings is 1. The average Bonchev–Trinajstić information content (AvgIpc) is 2.03. The highest BCUT2D eigenvalue weighted by Gasteiger charge is 2.10. The van der Waals surface area contributed by atoms with E-state index in [-0.39, 0.29) is 12.4 Å². The second-order valence-electron chi connectivity index (χ2n) is 3.29. The third-order valence-electron chi connectivity index (χ3n) is 2.32. The lowest BCUT2D eigenvalue weighted by Crippen LogP contribution is -2.33. The molecule has 1 fully saturated rings. The monoisotopic (exact) mass is 177 g/mol. The first kappa shape index (κ1) is 11.2. The Morgan fingerprint density at radius 3 is 2.73 bits per heavy atom. The van der Waals surface area contributed by atoms with Crippen molar-refractivity contribution >= 4 is 12.4 Å². The molecule has 68 valence electrons. The largest absolute Gasteiger partial charge is 0.314 e. The second-order valence-corrected chi connectivity index (χ2v) is 3.29. The van der Waals surface area contributed by atoms with Gasteiger partial charge < -0.3 is 5.32 Å². The van der Waals surface area contributed by atoms with Crippen LogP contribution in [0, 0.1) is 0 Å². The number of halogens is 1. The summed E-state index contributed by atoms with van der Waals surface area (Å²) < 4.78 is 0. The molecule has 2 heteroatoms. The summed E-state index contributed by atoms with van der Waals surface area (Å²) >= 11 is 0. The maximum absolute atomic E-state index is 3.55. The van der Waals surface area contributed by atoms with Crippen LogP contribution >= 0.6 is 12.4 Å². The average molecular weight is 178 g/mol. The van der Waals surface area contributed by atoms with Crippen molar-refractivity contribution in [3.8, 4) is 0 Å². The van der Waals surface area contributed by atoms with Gasteiger partial charge in [-0.3, -0.25) is 0 Å². The van der Waals surface area contributed by atoms with E-state index in [4.69, 9.17) is 0 Å². The van der Waals surface area contributed by atoms with Crippen LogP contribution in [-0.2, 0) is 0 Å². The molecular weight excluding hydrogens is 158 g/mol. The summed E-state index contributed by atoms with van der Waals surface area (Å²) in [5.41, 5.74) is 0. The smallest absolute Gasteiger partial charge is 0.00670 e. The first-order valence-corrected chi connectivity index (χ1v) is 4.67. The Kier molecular flexibility index (Phi) is 7.09. The number of hydrogen-bond acceptors (Lipinski definition) is 1. The van der Waals surface area contributed by atoms with Crippen LogP contribution in [0.3, 0.4) is 0 Å². The second kappa shape index (κ2) is 6.93. The summed E-state index contributed by atoms with van der Waals surface area (Å²) in [6, 6.07) is 0.855. The standard InChI is InChI=1S/C9H19N.ClH/c1-2-3-6-9-7-4-5-8-10-9;/h9-10H,2-8H2,1H3;1H. The highest BCUT2D eigenvalue weighted by Crippen LogP contribution is 2.12. The summed E-state index contributed by atoms with van der Waals surface area (Å²) in [6.45, 7) is 3.53. The maximum atomic E-state index is 3.55. The number of rotatable bonds is 3. The highest BCUT2D eigenvalue weighted by atomic mass is 35.5. The van der Waals surface area contributed by atoms with Crippen molar-refractivity contribution in [1.29, 1.82) is 0 Å². The van der Waals surface area contributed by atoms with Gasteiger partial charge in [0.15, 0.2) is 0 Å². The highest BCUT2D eigenvalue weighted by molar-refractivity contribution is 5.85. The van der Waals surface area contributed by atoms with Gasteiger partial charge in [-0.25, -0.2) is 0 Å². The van der Waals surface area contributed by atoms with E-state index in [9.17, 15) is 0 Å². The predicted molar refractivity (Wildman–Crippen MR) is 52.4 cm³/mol. The van der Waals surface area contributed by atoms with Crippen molar-refractivity contribution in [1.82, 2.24) is 5.32 Å². The molecule has 1 N–H and O–H groups in total. The Balaban J connectivity index is 0.000001000. The van der Waals surface area contributed by atoms with Gasteiger partial charge in [-0.15, -0.1) is 12.4 Å². The Labute approximate surface area is 76.4 Å². The lowest BCUT2D eigenvalue weighted by atomic mass is 10.0. The van der Waals surface area contributed by atoms with Crippen molar-refractivity contribution < 1.29 is 0 Å². The van der Waals surface area contributed by atoms with Crippen LogP contribution < -0.4 is 5.32 Å². The van der Waals surface area contributed by atoms with E-state index in [0.29, 0.717) is 0 Å². The molecule has 1 rings (SSSR count). The minimum Gasteiger partial charge on any atom is -0.314 e. The zero-order valence-corrected chi connectivity index (χ0v) is 8.25. The van der Waals surface area contributed by atoms with E-state index in [1.807, 2.05) is 0 Å². The quantitative estimate of drug-likeness (QED) is 0.699. The Morgan fingerprint density at radius 1 is 1.36 bits per heavy atom. The molecule has 0 saturated carbocycles. The minimum absolute atomic E-state index is 0. The molecule has 0 aliphatic carbocycles. The van der Waals surface area contributed by atoms with Crippen LogP contribution in [0.15, 0.2) is 0 Å². The molecule has 0 spiro atoms. The van der Waals surface area contributed by atoms with E-state index in [0.717, 1.165) is 6.04 Å². The van der Waals surface area contributed by atoms with Crippen LogP contribution in [0.25, 0.3) is 0 Å². The maximum Gasteiger partial charge on any atom is 0.00670 e. The van der Waals surface area contributed by atoms with Crippen molar-refractivity contribution in [3.05, 3.63) is 0 Å². The lowest BCUT2D eigenvalue weighted by Gasteiger charge is -2.22. The summed E-state index contributed by atoms with van der Waals surface area (Å²) in [7, 11) is 0. The van der Waals surface area contributed by atoms with Gasteiger partial charge in [0.2, 0.25) is 0 Å². The van der Waals surface area contributed by atoms with Crippen LogP contribution in [0.4, 0.5) is 0 Å². The summed E-state index contributed by atoms with van der Waals surface area (Å²) in [5, 5.41) is 3.55. The summed E-state index contributed by atoms with van der Waals surface area (Å²) in [5.74, 6) is 0. The zero-order valence-electron chi connectivity index (χ0n) is 7.44. The normalized spacial score (nSPS) is 24.3. The topological polar surface area (TPSA) is 12.0 Å². The van der Waals surface area contributed by atoms with E-state index in [2.05, 4.69) is 12.2 Å². The molecule has 1 heterocycles. The molecule has 0 aromatic carbocycles. The van der Waals surface area contributed by atoms with Gasteiger partial charge in [0.05, 0.1) is 0 Å². The van der Waals surface area contributed by atoms with Crippen LogP contribution in [0.2, 0.25) is 0 Å². The van der Waals surface area contributed by atoms with Crippen molar-refractivity contribution in [3.63, 3.8) is 0 Å². The molecule has 1 aliphatic rings. The molecule has 0 radical (unpaired) electrons. The molecule has 0 amide bonds. The molecule has 0 aromatic heterocycles. The van der Waals surface area contributed by atoms with Gasteiger partial charge >= 0.3 is 0 Å².